The number of nitrogens with zero attached hydrogens (tertiary/aromatic N) is 3. The zero-order chi connectivity index (χ0) is 15.4. The average molecular weight is 301 g/mol. The van der Waals surface area contributed by atoms with Crippen molar-refractivity contribution in [3.05, 3.63) is 42.7 Å². The maximum absolute atomic E-state index is 12.6. The first kappa shape index (κ1) is 14.4. The third kappa shape index (κ3) is 3.05. The zero-order valence-electron chi connectivity index (χ0n) is 12.5. The van der Waals surface area contributed by atoms with Gasteiger partial charge in [-0.05, 0) is 25.1 Å². The van der Waals surface area contributed by atoms with Crippen LogP contribution in [-0.2, 0) is 11.3 Å². The third-order valence-corrected chi connectivity index (χ3v) is 3.64. The summed E-state index contributed by atoms with van der Waals surface area (Å²) in [5.74, 6) is 1.26. The molecule has 0 saturated carbocycles. The van der Waals surface area contributed by atoms with Gasteiger partial charge in [0.2, 0.25) is 6.10 Å². The van der Waals surface area contributed by atoms with Crippen molar-refractivity contribution in [1.82, 2.24) is 14.7 Å². The lowest BCUT2D eigenvalue weighted by Gasteiger charge is -2.30. The molecule has 0 aliphatic carbocycles. The van der Waals surface area contributed by atoms with Crippen molar-refractivity contribution < 1.29 is 14.3 Å². The number of likely N-dealkylation sites (N-methyl/N-ethyl adjacent to an activating group) is 1. The summed E-state index contributed by atoms with van der Waals surface area (Å²) in [5.41, 5.74) is 0. The number of fused-ring (bicyclic) bond motifs is 1. The highest BCUT2D eigenvalue weighted by Gasteiger charge is 2.30. The molecule has 0 radical (unpaired) electrons. The van der Waals surface area contributed by atoms with Gasteiger partial charge in [0.15, 0.2) is 11.5 Å². The molecule has 0 bridgehead atoms. The van der Waals surface area contributed by atoms with Crippen LogP contribution in [0.5, 0.6) is 11.5 Å². The van der Waals surface area contributed by atoms with Gasteiger partial charge in [0.05, 0.1) is 6.54 Å². The summed E-state index contributed by atoms with van der Waals surface area (Å²) in [7, 11) is 0. The van der Waals surface area contributed by atoms with E-state index in [1.54, 1.807) is 11.1 Å². The number of aromatic nitrogens is 2. The Balaban J connectivity index is 1.62. The smallest absolute Gasteiger partial charge is 0.267 e. The minimum Gasteiger partial charge on any atom is -0.485 e. The highest BCUT2D eigenvalue weighted by atomic mass is 16.6. The Kier molecular flexibility index (Phi) is 4.27. The third-order valence-electron chi connectivity index (χ3n) is 3.64. The number of amides is 1. The van der Waals surface area contributed by atoms with E-state index in [4.69, 9.17) is 9.47 Å². The average Bonchev–Trinajstić information content (AvgIpc) is 3.08. The first-order chi connectivity index (χ1) is 10.8. The van der Waals surface area contributed by atoms with E-state index in [9.17, 15) is 4.79 Å². The van der Waals surface area contributed by atoms with E-state index in [2.05, 4.69) is 5.10 Å². The predicted molar refractivity (Wildman–Crippen MR) is 80.8 cm³/mol. The molecular weight excluding hydrogens is 282 g/mol. The van der Waals surface area contributed by atoms with E-state index < -0.39 is 6.10 Å². The normalized spacial score (nSPS) is 16.3. The quantitative estimate of drug-likeness (QED) is 0.841. The molecule has 2 heterocycles. The SMILES string of the molecule is CCN(CCn1cccn1)C(=O)C1COc2ccccc2O1. The zero-order valence-corrected chi connectivity index (χ0v) is 12.5. The molecule has 1 unspecified atom stereocenters. The van der Waals surface area contributed by atoms with Gasteiger partial charge in [-0.25, -0.2) is 0 Å². The molecule has 1 aliphatic rings. The van der Waals surface area contributed by atoms with Crippen LogP contribution in [0.25, 0.3) is 0 Å². The Bertz CT molecular complexity index is 627. The van der Waals surface area contributed by atoms with Gasteiger partial charge < -0.3 is 14.4 Å². The summed E-state index contributed by atoms with van der Waals surface area (Å²) < 4.78 is 13.2. The van der Waals surface area contributed by atoms with Crippen molar-refractivity contribution >= 4 is 5.91 Å². The number of para-hydroxylation sites is 2. The summed E-state index contributed by atoms with van der Waals surface area (Å²) >= 11 is 0. The van der Waals surface area contributed by atoms with Crippen molar-refractivity contribution in [3.8, 4) is 11.5 Å². The van der Waals surface area contributed by atoms with E-state index in [0.717, 1.165) is 0 Å². The molecule has 116 valence electrons. The molecule has 1 aromatic carbocycles. The molecule has 1 aliphatic heterocycles. The largest absolute Gasteiger partial charge is 0.485 e. The Morgan fingerprint density at radius 1 is 1.36 bits per heavy atom. The van der Waals surface area contributed by atoms with Crippen LogP contribution in [0.1, 0.15) is 6.92 Å². The van der Waals surface area contributed by atoms with Crippen molar-refractivity contribution in [2.75, 3.05) is 19.7 Å². The molecule has 0 spiro atoms. The lowest BCUT2D eigenvalue weighted by Crippen LogP contribution is -2.47. The van der Waals surface area contributed by atoms with Gasteiger partial charge >= 0.3 is 0 Å². The molecule has 0 fully saturated rings. The molecular formula is C16H19N3O3. The van der Waals surface area contributed by atoms with E-state index in [1.807, 2.05) is 48.1 Å². The molecule has 0 N–H and O–H groups in total. The van der Waals surface area contributed by atoms with Crippen LogP contribution in [-0.4, -0.2) is 46.4 Å². The van der Waals surface area contributed by atoms with Gasteiger partial charge in [-0.2, -0.15) is 5.10 Å². The molecule has 3 rings (SSSR count). The number of carbonyl (C=O) groups excluding carboxylic acids is 1. The molecule has 2 aromatic rings. The Morgan fingerprint density at radius 2 is 2.18 bits per heavy atom. The summed E-state index contributed by atoms with van der Waals surface area (Å²) in [6.45, 7) is 4.09. The van der Waals surface area contributed by atoms with Crippen molar-refractivity contribution in [2.45, 2.75) is 19.6 Å². The maximum Gasteiger partial charge on any atom is 0.267 e. The molecule has 6 nitrogen and oxygen atoms in total. The van der Waals surface area contributed by atoms with Crippen LogP contribution >= 0.6 is 0 Å². The van der Waals surface area contributed by atoms with Crippen LogP contribution in [0.4, 0.5) is 0 Å². The lowest BCUT2D eigenvalue weighted by molar-refractivity contribution is -0.141. The summed E-state index contributed by atoms with van der Waals surface area (Å²) in [6.07, 6.45) is 3.02. The molecule has 1 amide bonds. The van der Waals surface area contributed by atoms with Gasteiger partial charge in [0.25, 0.3) is 5.91 Å². The van der Waals surface area contributed by atoms with Crippen molar-refractivity contribution in [1.29, 1.82) is 0 Å². The Labute approximate surface area is 129 Å². The van der Waals surface area contributed by atoms with Gasteiger partial charge in [-0.15, -0.1) is 0 Å². The van der Waals surface area contributed by atoms with Gasteiger partial charge in [-0.1, -0.05) is 12.1 Å². The molecule has 0 saturated heterocycles. The highest BCUT2D eigenvalue weighted by Crippen LogP contribution is 2.31. The van der Waals surface area contributed by atoms with Crippen molar-refractivity contribution in [2.24, 2.45) is 0 Å². The predicted octanol–water partition coefficient (Wildman–Crippen LogP) is 1.57. The van der Waals surface area contributed by atoms with Crippen molar-refractivity contribution in [3.63, 3.8) is 0 Å². The van der Waals surface area contributed by atoms with Crippen LogP contribution < -0.4 is 9.47 Å². The maximum atomic E-state index is 12.6. The fraction of sp³-hybridized carbons (Fsp3) is 0.375. The minimum absolute atomic E-state index is 0.0517. The van der Waals surface area contributed by atoms with Gasteiger partial charge in [0, 0.05) is 25.5 Å². The summed E-state index contributed by atoms with van der Waals surface area (Å²) in [5, 5.41) is 4.15. The minimum atomic E-state index is -0.590. The Hall–Kier alpha value is -2.50. The summed E-state index contributed by atoms with van der Waals surface area (Å²) in [6, 6.07) is 9.27. The number of hydrogen-bond donors (Lipinski definition) is 0. The van der Waals surface area contributed by atoms with Crippen LogP contribution in [0, 0.1) is 0 Å². The first-order valence-electron chi connectivity index (χ1n) is 7.42. The number of carbonyl (C=O) groups is 1. The number of rotatable bonds is 5. The number of hydrogen-bond acceptors (Lipinski definition) is 4. The topological polar surface area (TPSA) is 56.6 Å². The first-order valence-corrected chi connectivity index (χ1v) is 7.42. The second-order valence-electron chi connectivity index (χ2n) is 5.05. The fourth-order valence-corrected chi connectivity index (χ4v) is 2.42. The van der Waals surface area contributed by atoms with E-state index >= 15 is 0 Å². The van der Waals surface area contributed by atoms with Crippen LogP contribution in [0.15, 0.2) is 42.7 Å². The second-order valence-corrected chi connectivity index (χ2v) is 5.05. The summed E-state index contributed by atoms with van der Waals surface area (Å²) in [4.78, 5) is 14.4. The van der Waals surface area contributed by atoms with Crippen LogP contribution in [0.3, 0.4) is 0 Å². The number of benzene rings is 1. The Morgan fingerprint density at radius 3 is 2.91 bits per heavy atom. The lowest BCUT2D eigenvalue weighted by atomic mass is 10.2. The van der Waals surface area contributed by atoms with Gasteiger partial charge in [-0.3, -0.25) is 9.48 Å². The molecule has 1 aromatic heterocycles. The molecule has 6 heteroatoms. The van der Waals surface area contributed by atoms with Crippen LogP contribution in [0.2, 0.25) is 0 Å². The van der Waals surface area contributed by atoms with E-state index in [0.29, 0.717) is 31.1 Å². The monoisotopic (exact) mass is 301 g/mol. The van der Waals surface area contributed by atoms with Gasteiger partial charge in [0.1, 0.15) is 6.61 Å². The van der Waals surface area contributed by atoms with E-state index in [-0.39, 0.29) is 12.5 Å². The number of ether oxygens (including phenoxy) is 2. The molecule has 1 atom stereocenters. The van der Waals surface area contributed by atoms with E-state index in [1.165, 1.54) is 0 Å². The second kappa shape index (κ2) is 6.51. The standard InChI is InChI=1S/C16H19N3O3/c1-2-18(10-11-19-9-5-8-17-19)16(20)15-12-21-13-6-3-4-7-14(13)22-15/h3-9,15H,2,10-12H2,1H3. The fourth-order valence-electron chi connectivity index (χ4n) is 2.42. The highest BCUT2D eigenvalue weighted by molar-refractivity contribution is 5.81. The molecule has 22 heavy (non-hydrogen) atoms.